The lowest BCUT2D eigenvalue weighted by molar-refractivity contribution is -0.122. The number of pyridine rings is 1. The average molecular weight is 583 g/mol. The first-order valence-corrected chi connectivity index (χ1v) is 15.3. The van der Waals surface area contributed by atoms with E-state index >= 15 is 0 Å². The Morgan fingerprint density at radius 2 is 1.71 bits per heavy atom. The third-order valence-electron chi connectivity index (χ3n) is 8.05. The van der Waals surface area contributed by atoms with Crippen molar-refractivity contribution in [3.8, 4) is 6.07 Å². The molecule has 0 bridgehead atoms. The zero-order chi connectivity index (χ0) is 29.1. The molecule has 6 nitrogen and oxygen atoms in total. The van der Waals surface area contributed by atoms with Gasteiger partial charge in [-0.3, -0.25) is 19.1 Å². The number of amides is 1. The molecule has 2 aliphatic rings. The smallest absolute Gasteiger partial charge is 0.270 e. The number of aryl methyl sites for hydroxylation is 1. The summed E-state index contributed by atoms with van der Waals surface area (Å²) >= 11 is 6.90. The van der Waals surface area contributed by atoms with Gasteiger partial charge in [0.15, 0.2) is 0 Å². The van der Waals surface area contributed by atoms with Crippen LogP contribution in [0.4, 0.5) is 5.82 Å². The SMILES string of the molecule is CCn1c(N2CCC(Cc3ccccc3)CC2)c(C=C2SC(=S)N(Cc3ccc(C)cc3)C2=O)c(C)c(C#N)c1=O. The molecular weight excluding hydrogens is 549 g/mol. The number of carbonyl (C=O) groups excluding carboxylic acids is 1. The van der Waals surface area contributed by atoms with E-state index in [0.29, 0.717) is 33.8 Å². The van der Waals surface area contributed by atoms with Gasteiger partial charge in [0.1, 0.15) is 21.8 Å². The van der Waals surface area contributed by atoms with E-state index in [-0.39, 0.29) is 17.0 Å². The van der Waals surface area contributed by atoms with Gasteiger partial charge in [-0.15, -0.1) is 0 Å². The molecule has 0 aliphatic carbocycles. The molecule has 3 heterocycles. The number of anilines is 1. The second-order valence-corrected chi connectivity index (χ2v) is 12.4. The maximum atomic E-state index is 13.6. The van der Waals surface area contributed by atoms with E-state index in [2.05, 4.69) is 35.2 Å². The predicted molar refractivity (Wildman–Crippen MR) is 171 cm³/mol. The normalized spacial score (nSPS) is 17.0. The number of hydrogen-bond acceptors (Lipinski definition) is 6. The number of rotatable bonds is 7. The van der Waals surface area contributed by atoms with E-state index in [4.69, 9.17) is 12.2 Å². The van der Waals surface area contributed by atoms with Crippen molar-refractivity contribution >= 4 is 46.1 Å². The van der Waals surface area contributed by atoms with E-state index in [1.807, 2.05) is 57.2 Å². The molecule has 5 rings (SSSR count). The summed E-state index contributed by atoms with van der Waals surface area (Å²) in [4.78, 5) is 31.4. The molecule has 210 valence electrons. The third kappa shape index (κ3) is 6.02. The summed E-state index contributed by atoms with van der Waals surface area (Å²) in [5.74, 6) is 1.20. The number of carbonyl (C=O) groups is 1. The van der Waals surface area contributed by atoms with E-state index in [0.717, 1.165) is 54.9 Å². The van der Waals surface area contributed by atoms with Crippen LogP contribution in [-0.2, 0) is 24.3 Å². The zero-order valence-corrected chi connectivity index (χ0v) is 25.4. The topological polar surface area (TPSA) is 69.3 Å². The second-order valence-electron chi connectivity index (χ2n) is 10.8. The summed E-state index contributed by atoms with van der Waals surface area (Å²) in [5, 5.41) is 9.90. The molecule has 0 radical (unpaired) electrons. The van der Waals surface area contributed by atoms with Crippen LogP contribution >= 0.6 is 24.0 Å². The van der Waals surface area contributed by atoms with Gasteiger partial charge in [-0.05, 0) is 68.7 Å². The molecule has 3 aromatic rings. The van der Waals surface area contributed by atoms with Crippen LogP contribution in [0.2, 0.25) is 0 Å². The molecular formula is C33H34N4O2S2. The summed E-state index contributed by atoms with van der Waals surface area (Å²) in [7, 11) is 0. The van der Waals surface area contributed by atoms with Crippen LogP contribution in [0, 0.1) is 31.1 Å². The van der Waals surface area contributed by atoms with Crippen molar-refractivity contribution in [3.05, 3.63) is 103 Å². The summed E-state index contributed by atoms with van der Waals surface area (Å²) < 4.78 is 2.20. The van der Waals surface area contributed by atoms with Gasteiger partial charge in [-0.25, -0.2) is 0 Å². The van der Waals surface area contributed by atoms with Gasteiger partial charge in [-0.1, -0.05) is 84.1 Å². The molecule has 0 saturated carbocycles. The molecule has 0 unspecified atom stereocenters. The second kappa shape index (κ2) is 12.5. The van der Waals surface area contributed by atoms with Gasteiger partial charge in [0.25, 0.3) is 11.5 Å². The number of thioether (sulfide) groups is 1. The van der Waals surface area contributed by atoms with Crippen LogP contribution in [0.3, 0.4) is 0 Å². The Morgan fingerprint density at radius 3 is 2.34 bits per heavy atom. The number of hydrogen-bond donors (Lipinski definition) is 0. The summed E-state index contributed by atoms with van der Waals surface area (Å²) in [5.41, 5.74) is 4.71. The monoisotopic (exact) mass is 582 g/mol. The molecule has 41 heavy (non-hydrogen) atoms. The summed E-state index contributed by atoms with van der Waals surface area (Å²) in [6.07, 6.45) is 4.90. The standard InChI is InChI=1S/C33H34N4O2S2/c1-4-36-30(35-16-14-25(15-17-35)18-24-8-6-5-7-9-24)27(23(3)28(20-34)31(36)38)19-29-32(39)37(33(40)41-29)21-26-12-10-22(2)11-13-26/h5-13,19,25H,4,14-18,21H2,1-3H3. The number of benzene rings is 2. The van der Waals surface area contributed by atoms with Gasteiger partial charge in [0, 0.05) is 25.2 Å². The van der Waals surface area contributed by atoms with Crippen LogP contribution < -0.4 is 10.5 Å². The third-order valence-corrected chi connectivity index (χ3v) is 9.43. The Balaban J connectivity index is 1.47. The largest absolute Gasteiger partial charge is 0.357 e. The number of thiocarbonyl (C=S) groups is 1. The number of piperidine rings is 1. The van der Waals surface area contributed by atoms with Crippen molar-refractivity contribution in [2.24, 2.45) is 5.92 Å². The molecule has 8 heteroatoms. The summed E-state index contributed by atoms with van der Waals surface area (Å²) in [6.45, 7) is 8.21. The maximum Gasteiger partial charge on any atom is 0.270 e. The number of nitrogens with zero attached hydrogens (tertiary/aromatic N) is 4. The predicted octanol–water partition coefficient (Wildman–Crippen LogP) is 6.22. The lowest BCUT2D eigenvalue weighted by atomic mass is 9.90. The molecule has 0 N–H and O–H groups in total. The Morgan fingerprint density at radius 1 is 1.02 bits per heavy atom. The first-order valence-electron chi connectivity index (χ1n) is 14.1. The van der Waals surface area contributed by atoms with Crippen LogP contribution in [-0.4, -0.2) is 32.8 Å². The Labute approximate surface area is 251 Å². The highest BCUT2D eigenvalue weighted by atomic mass is 32.2. The summed E-state index contributed by atoms with van der Waals surface area (Å²) in [6, 6.07) is 20.8. The minimum Gasteiger partial charge on any atom is -0.357 e. The highest BCUT2D eigenvalue weighted by Gasteiger charge is 2.34. The number of nitriles is 1. The van der Waals surface area contributed by atoms with Gasteiger partial charge in [-0.2, -0.15) is 5.26 Å². The van der Waals surface area contributed by atoms with E-state index in [9.17, 15) is 14.9 Å². The van der Waals surface area contributed by atoms with Crippen molar-refractivity contribution in [1.29, 1.82) is 5.26 Å². The Hall–Kier alpha value is -3.67. The molecule has 2 fully saturated rings. The van der Waals surface area contributed by atoms with Crippen LogP contribution in [0.1, 0.15) is 53.1 Å². The molecule has 1 amide bonds. The Bertz CT molecular complexity index is 1600. The lowest BCUT2D eigenvalue weighted by Crippen LogP contribution is -2.39. The van der Waals surface area contributed by atoms with Crippen molar-refractivity contribution in [3.63, 3.8) is 0 Å². The molecule has 2 saturated heterocycles. The first-order chi connectivity index (χ1) is 19.8. The minimum absolute atomic E-state index is 0.121. The molecule has 0 atom stereocenters. The van der Waals surface area contributed by atoms with Gasteiger partial charge in [0.05, 0.1) is 11.4 Å². The average Bonchev–Trinajstić information content (AvgIpc) is 3.24. The highest BCUT2D eigenvalue weighted by Crippen LogP contribution is 2.37. The fourth-order valence-electron chi connectivity index (χ4n) is 5.72. The lowest BCUT2D eigenvalue weighted by Gasteiger charge is -2.36. The van der Waals surface area contributed by atoms with Crippen molar-refractivity contribution in [1.82, 2.24) is 9.47 Å². The van der Waals surface area contributed by atoms with Crippen molar-refractivity contribution in [2.75, 3.05) is 18.0 Å². The zero-order valence-electron chi connectivity index (χ0n) is 23.7. The van der Waals surface area contributed by atoms with E-state index < -0.39 is 0 Å². The van der Waals surface area contributed by atoms with Crippen molar-refractivity contribution in [2.45, 2.75) is 53.1 Å². The fourth-order valence-corrected chi connectivity index (χ4v) is 6.95. The van der Waals surface area contributed by atoms with Gasteiger partial charge >= 0.3 is 0 Å². The van der Waals surface area contributed by atoms with Gasteiger partial charge < -0.3 is 4.90 Å². The molecule has 1 aromatic heterocycles. The van der Waals surface area contributed by atoms with Crippen LogP contribution in [0.15, 0.2) is 64.3 Å². The highest BCUT2D eigenvalue weighted by molar-refractivity contribution is 8.26. The van der Waals surface area contributed by atoms with Gasteiger partial charge in [0.2, 0.25) is 0 Å². The fraction of sp³-hybridized carbons (Fsp3) is 0.333. The van der Waals surface area contributed by atoms with Crippen LogP contribution in [0.25, 0.3) is 6.08 Å². The molecule has 0 spiro atoms. The number of aromatic nitrogens is 1. The first kappa shape index (κ1) is 28.8. The van der Waals surface area contributed by atoms with Crippen molar-refractivity contribution < 1.29 is 4.79 Å². The van der Waals surface area contributed by atoms with E-state index in [1.54, 1.807) is 9.47 Å². The molecule has 2 aromatic carbocycles. The van der Waals surface area contributed by atoms with Crippen LogP contribution in [0.5, 0.6) is 0 Å². The maximum absolute atomic E-state index is 13.6. The Kier molecular flexibility index (Phi) is 8.77. The molecule has 2 aliphatic heterocycles. The quantitative estimate of drug-likeness (QED) is 0.244. The van der Waals surface area contributed by atoms with E-state index in [1.165, 1.54) is 17.3 Å². The minimum atomic E-state index is -0.280.